The normalized spacial score (nSPS) is 24.3. The molecule has 1 unspecified atom stereocenters. The van der Waals surface area contributed by atoms with Crippen LogP contribution in [0.1, 0.15) is 18.9 Å². The molecular weight excluding hydrogens is 387 g/mol. The number of amides is 1. The van der Waals surface area contributed by atoms with Crippen molar-refractivity contribution in [3.63, 3.8) is 0 Å². The van der Waals surface area contributed by atoms with E-state index in [0.29, 0.717) is 12.0 Å². The summed E-state index contributed by atoms with van der Waals surface area (Å²) in [6.45, 7) is 1.000. The van der Waals surface area contributed by atoms with Gasteiger partial charge in [-0.05, 0) is 37.1 Å². The molecule has 3 rings (SSSR count). The van der Waals surface area contributed by atoms with Crippen LogP contribution in [0.15, 0.2) is 39.5 Å². The van der Waals surface area contributed by atoms with E-state index in [1.807, 2.05) is 6.07 Å². The molecule has 0 fully saturated rings. The number of amidine groups is 1. The molecule has 2 aliphatic heterocycles. The van der Waals surface area contributed by atoms with E-state index in [4.69, 9.17) is 15.7 Å². The zero-order valence-electron chi connectivity index (χ0n) is 15.5. The van der Waals surface area contributed by atoms with Gasteiger partial charge in [0.15, 0.2) is 5.54 Å². The molecule has 0 aliphatic carbocycles. The summed E-state index contributed by atoms with van der Waals surface area (Å²) in [7, 11) is 0. The van der Waals surface area contributed by atoms with Gasteiger partial charge in [-0.15, -0.1) is 0 Å². The molecule has 7 nitrogen and oxygen atoms in total. The number of carbonyl (C=O) groups is 1. The van der Waals surface area contributed by atoms with Gasteiger partial charge >= 0.3 is 0 Å². The van der Waals surface area contributed by atoms with Crippen LogP contribution in [0.5, 0.6) is 0 Å². The number of nitrogens with one attached hydrogen (secondary N) is 1. The topological polar surface area (TPSA) is 113 Å². The van der Waals surface area contributed by atoms with Gasteiger partial charge in [-0.1, -0.05) is 0 Å². The van der Waals surface area contributed by atoms with Gasteiger partial charge in [-0.3, -0.25) is 14.8 Å². The summed E-state index contributed by atoms with van der Waals surface area (Å²) in [6, 6.07) is 5.35. The molecule has 3 N–H and O–H groups in total. The van der Waals surface area contributed by atoms with E-state index in [9.17, 15) is 18.0 Å². The molecule has 10 heteroatoms. The molecular formula is C19H18F3N5O2. The van der Waals surface area contributed by atoms with E-state index >= 15 is 0 Å². The van der Waals surface area contributed by atoms with Crippen molar-refractivity contribution < 1.29 is 22.7 Å². The lowest BCUT2D eigenvalue weighted by Gasteiger charge is -2.33. The van der Waals surface area contributed by atoms with Crippen molar-refractivity contribution in [2.75, 3.05) is 18.5 Å². The number of carbonyl (C=O) groups excluding carboxylic acids is 1. The molecule has 152 valence electrons. The van der Waals surface area contributed by atoms with Crippen molar-refractivity contribution in [3.05, 3.63) is 40.8 Å². The van der Waals surface area contributed by atoms with Crippen LogP contribution in [0.4, 0.5) is 18.9 Å². The van der Waals surface area contributed by atoms with Gasteiger partial charge in [-0.25, -0.2) is 13.2 Å². The predicted molar refractivity (Wildman–Crippen MR) is 100 cm³/mol. The number of aliphatic imine (C=N–C) groups is 2. The fourth-order valence-corrected chi connectivity index (χ4v) is 3.21. The van der Waals surface area contributed by atoms with Crippen molar-refractivity contribution >= 4 is 23.6 Å². The lowest BCUT2D eigenvalue weighted by Crippen LogP contribution is -2.45. The molecule has 0 aromatic heterocycles. The second-order valence-corrected chi connectivity index (χ2v) is 6.82. The number of rotatable bonds is 4. The van der Waals surface area contributed by atoms with Crippen LogP contribution in [-0.4, -0.2) is 37.6 Å². The third-order valence-corrected chi connectivity index (χ3v) is 4.66. The number of nitriles is 1. The highest BCUT2D eigenvalue weighted by Crippen LogP contribution is 2.38. The number of hydrogen-bond acceptors (Lipinski definition) is 6. The van der Waals surface area contributed by atoms with Crippen molar-refractivity contribution in [1.29, 1.82) is 5.26 Å². The number of halogens is 3. The fourth-order valence-electron chi connectivity index (χ4n) is 3.21. The number of allylic oxidation sites excluding steroid dienone is 1. The van der Waals surface area contributed by atoms with Gasteiger partial charge in [-0.2, -0.15) is 5.26 Å². The Morgan fingerprint density at radius 1 is 1.48 bits per heavy atom. The predicted octanol–water partition coefficient (Wildman–Crippen LogP) is 2.50. The van der Waals surface area contributed by atoms with Crippen molar-refractivity contribution in [1.82, 2.24) is 0 Å². The SMILES string of the molecule is CC1=C(C(=O)Nc2ccc(F)c([C@]3(C(F)F)COCC(N)=N3)c2)N=CC(C#N)C1. The van der Waals surface area contributed by atoms with E-state index in [1.165, 1.54) is 12.3 Å². The van der Waals surface area contributed by atoms with E-state index in [0.717, 1.165) is 12.1 Å². The van der Waals surface area contributed by atoms with Crippen molar-refractivity contribution in [3.8, 4) is 6.07 Å². The van der Waals surface area contributed by atoms with E-state index < -0.39 is 41.8 Å². The van der Waals surface area contributed by atoms with E-state index in [1.54, 1.807) is 6.92 Å². The van der Waals surface area contributed by atoms with Crippen LogP contribution in [0.3, 0.4) is 0 Å². The standard InChI is InChI=1S/C19H18F3N5O2/c1-10-4-11(6-23)7-25-16(10)17(28)26-12-2-3-14(20)13(5-12)19(18(21)22)9-29-8-15(24)27-19/h2-3,5,7,11,18H,4,8-9H2,1H3,(H2,24,27)(H,26,28)/t11?,19-/m0/s1. The summed E-state index contributed by atoms with van der Waals surface area (Å²) in [5.74, 6) is -2.10. The first-order chi connectivity index (χ1) is 13.8. The van der Waals surface area contributed by atoms with Crippen LogP contribution in [0.25, 0.3) is 0 Å². The minimum atomic E-state index is -3.09. The van der Waals surface area contributed by atoms with Gasteiger partial charge in [0, 0.05) is 17.5 Å². The summed E-state index contributed by atoms with van der Waals surface area (Å²) in [5.41, 5.74) is 3.63. The Morgan fingerprint density at radius 2 is 2.24 bits per heavy atom. The molecule has 0 bridgehead atoms. The highest BCUT2D eigenvalue weighted by Gasteiger charge is 2.46. The zero-order chi connectivity index (χ0) is 21.2. The number of alkyl halides is 2. The largest absolute Gasteiger partial charge is 0.385 e. The summed E-state index contributed by atoms with van der Waals surface area (Å²) in [6.07, 6.45) is -1.35. The van der Waals surface area contributed by atoms with E-state index in [2.05, 4.69) is 15.3 Å². The van der Waals surface area contributed by atoms with Crippen LogP contribution < -0.4 is 11.1 Å². The zero-order valence-corrected chi connectivity index (χ0v) is 15.5. The van der Waals surface area contributed by atoms with Gasteiger partial charge in [0.1, 0.15) is 24.0 Å². The maximum atomic E-state index is 14.4. The maximum Gasteiger partial charge on any atom is 0.274 e. The molecule has 0 radical (unpaired) electrons. The monoisotopic (exact) mass is 405 g/mol. The Morgan fingerprint density at radius 3 is 2.86 bits per heavy atom. The third-order valence-electron chi connectivity index (χ3n) is 4.66. The number of anilines is 1. The molecule has 1 amide bonds. The van der Waals surface area contributed by atoms with Gasteiger partial charge in [0.05, 0.1) is 18.6 Å². The second kappa shape index (κ2) is 8.05. The number of ether oxygens (including phenoxy) is 1. The second-order valence-electron chi connectivity index (χ2n) is 6.82. The third kappa shape index (κ3) is 4.00. The first-order valence-corrected chi connectivity index (χ1v) is 8.72. The highest BCUT2D eigenvalue weighted by atomic mass is 19.3. The molecule has 2 aliphatic rings. The molecule has 2 atom stereocenters. The Bertz CT molecular complexity index is 967. The fraction of sp³-hybridized carbons (Fsp3) is 0.368. The molecule has 29 heavy (non-hydrogen) atoms. The number of benzene rings is 1. The Hall–Kier alpha value is -3.19. The average molecular weight is 405 g/mol. The van der Waals surface area contributed by atoms with Crippen LogP contribution in [0, 0.1) is 23.1 Å². The Labute approximate surface area is 164 Å². The van der Waals surface area contributed by atoms with Crippen molar-refractivity contribution in [2.24, 2.45) is 21.6 Å². The lowest BCUT2D eigenvalue weighted by molar-refractivity contribution is -0.113. The molecule has 2 heterocycles. The first kappa shape index (κ1) is 20.5. The maximum absolute atomic E-state index is 14.4. The minimum absolute atomic E-state index is 0.0867. The molecule has 0 spiro atoms. The minimum Gasteiger partial charge on any atom is -0.385 e. The van der Waals surface area contributed by atoms with Crippen LogP contribution >= 0.6 is 0 Å². The smallest absolute Gasteiger partial charge is 0.274 e. The summed E-state index contributed by atoms with van der Waals surface area (Å²) in [5, 5.41) is 11.5. The van der Waals surface area contributed by atoms with Crippen LogP contribution in [0.2, 0.25) is 0 Å². The first-order valence-electron chi connectivity index (χ1n) is 8.72. The van der Waals surface area contributed by atoms with E-state index in [-0.39, 0.29) is 23.8 Å². The molecule has 1 aromatic carbocycles. The van der Waals surface area contributed by atoms with Crippen LogP contribution in [-0.2, 0) is 15.1 Å². The van der Waals surface area contributed by atoms with Crippen molar-refractivity contribution in [2.45, 2.75) is 25.3 Å². The quantitative estimate of drug-likeness (QED) is 0.801. The summed E-state index contributed by atoms with van der Waals surface area (Å²) < 4.78 is 47.3. The Balaban J connectivity index is 1.92. The lowest BCUT2D eigenvalue weighted by atomic mass is 9.90. The molecule has 0 saturated carbocycles. The van der Waals surface area contributed by atoms with Gasteiger partial charge in [0.2, 0.25) is 0 Å². The summed E-state index contributed by atoms with van der Waals surface area (Å²) >= 11 is 0. The number of nitrogens with two attached hydrogens (primary N) is 1. The highest BCUT2D eigenvalue weighted by molar-refractivity contribution is 6.05. The molecule has 1 aromatic rings. The number of hydrogen-bond donors (Lipinski definition) is 2. The summed E-state index contributed by atoms with van der Waals surface area (Å²) in [4.78, 5) is 20.3. The Kier molecular flexibility index (Phi) is 5.70. The number of nitrogens with zero attached hydrogens (tertiary/aromatic N) is 3. The average Bonchev–Trinajstić information content (AvgIpc) is 2.68. The van der Waals surface area contributed by atoms with Gasteiger partial charge < -0.3 is 15.8 Å². The molecule has 0 saturated heterocycles. The van der Waals surface area contributed by atoms with Gasteiger partial charge in [0.25, 0.3) is 12.3 Å².